The highest BCUT2D eigenvalue weighted by Gasteiger charge is 2.62. The molecule has 44 heavy (non-hydrogen) atoms. The molecule has 0 aromatic heterocycles. The Kier molecular flexibility index (Phi) is 5.41. The summed E-state index contributed by atoms with van der Waals surface area (Å²) in [5.41, 5.74) is 20.0. The summed E-state index contributed by atoms with van der Waals surface area (Å²) in [5, 5.41) is 0. The minimum atomic E-state index is -0.303. The van der Waals surface area contributed by atoms with E-state index in [9.17, 15) is 0 Å². The Morgan fingerprint density at radius 2 is 0.886 bits per heavy atom. The van der Waals surface area contributed by atoms with Crippen molar-refractivity contribution in [3.05, 3.63) is 201 Å². The van der Waals surface area contributed by atoms with E-state index in [2.05, 4.69) is 166 Å². The standard InChI is InChI=1S/C44H32/c1-28-19-23-30(24-20-28)27-40-42(41-36-15-5-3-11-32(36)33-12-4-6-16-37(33)41)43(31-25-21-29(2)22-26-31)44(40)38-17-9-7-13-34(38)35-14-8-10-18-39(35)44/h3-27,43H,1-2H3/b40-27+. The summed E-state index contributed by atoms with van der Waals surface area (Å²) in [7, 11) is 0. The maximum atomic E-state index is 2.49. The lowest BCUT2D eigenvalue weighted by Crippen LogP contribution is -2.47. The fraction of sp³-hybridized carbons (Fsp3) is 0.0909. The van der Waals surface area contributed by atoms with Crippen molar-refractivity contribution in [3.8, 4) is 22.3 Å². The van der Waals surface area contributed by atoms with Gasteiger partial charge >= 0.3 is 0 Å². The van der Waals surface area contributed by atoms with Gasteiger partial charge in [-0.25, -0.2) is 0 Å². The first-order valence-electron chi connectivity index (χ1n) is 15.6. The van der Waals surface area contributed by atoms with Gasteiger partial charge in [-0.3, -0.25) is 0 Å². The molecular formula is C44H32. The average Bonchev–Trinajstić information content (AvgIpc) is 3.56. The number of fused-ring (bicyclic) bond motifs is 8. The second-order valence-electron chi connectivity index (χ2n) is 12.6. The molecule has 6 aromatic rings. The van der Waals surface area contributed by atoms with Crippen LogP contribution in [0.5, 0.6) is 0 Å². The summed E-state index contributed by atoms with van der Waals surface area (Å²) < 4.78 is 0. The van der Waals surface area contributed by atoms with Crippen LogP contribution in [-0.4, -0.2) is 0 Å². The predicted molar refractivity (Wildman–Crippen MR) is 184 cm³/mol. The van der Waals surface area contributed by atoms with Crippen LogP contribution in [0.15, 0.2) is 157 Å². The molecule has 0 saturated heterocycles. The fourth-order valence-corrected chi connectivity index (χ4v) is 8.31. The zero-order chi connectivity index (χ0) is 29.4. The normalized spacial score (nSPS) is 17.7. The van der Waals surface area contributed by atoms with E-state index in [1.54, 1.807) is 0 Å². The lowest BCUT2D eigenvalue weighted by atomic mass is 9.46. The SMILES string of the molecule is Cc1ccc(/C=C2\C(=C3c4ccccc4-c4ccccc43)C(c3ccc(C)cc3)C23c2ccccc2-c2ccccc23)cc1. The Hall–Kier alpha value is -5.20. The van der Waals surface area contributed by atoms with Gasteiger partial charge in [0.1, 0.15) is 0 Å². The Bertz CT molecular complexity index is 2080. The smallest absolute Gasteiger partial charge is 0.0576 e. The van der Waals surface area contributed by atoms with Gasteiger partial charge in [0.15, 0.2) is 0 Å². The number of allylic oxidation sites excluding steroid dienone is 2. The Morgan fingerprint density at radius 3 is 1.41 bits per heavy atom. The highest BCUT2D eigenvalue weighted by atomic mass is 14.6. The van der Waals surface area contributed by atoms with Crippen molar-refractivity contribution in [2.45, 2.75) is 25.2 Å². The molecule has 0 bridgehead atoms. The molecule has 208 valence electrons. The largest absolute Gasteiger partial charge is 0.0619 e. The molecule has 1 spiro atoms. The van der Waals surface area contributed by atoms with E-state index in [0.29, 0.717) is 0 Å². The maximum absolute atomic E-state index is 2.49. The summed E-state index contributed by atoms with van der Waals surface area (Å²) in [6.07, 6.45) is 2.49. The third-order valence-electron chi connectivity index (χ3n) is 10.2. The van der Waals surface area contributed by atoms with Gasteiger partial charge < -0.3 is 0 Å². The molecule has 9 rings (SSSR count). The van der Waals surface area contributed by atoms with Gasteiger partial charge in [-0.2, -0.15) is 0 Å². The molecule has 3 aliphatic rings. The lowest BCUT2D eigenvalue weighted by molar-refractivity contribution is 0.462. The van der Waals surface area contributed by atoms with Crippen molar-refractivity contribution in [2.75, 3.05) is 0 Å². The van der Waals surface area contributed by atoms with Crippen molar-refractivity contribution in [2.24, 2.45) is 0 Å². The Balaban J connectivity index is 1.46. The van der Waals surface area contributed by atoms with Gasteiger partial charge in [0.2, 0.25) is 0 Å². The first-order chi connectivity index (χ1) is 21.7. The van der Waals surface area contributed by atoms with Crippen molar-refractivity contribution < 1.29 is 0 Å². The molecule has 3 aliphatic carbocycles. The van der Waals surface area contributed by atoms with Crippen molar-refractivity contribution in [1.29, 1.82) is 0 Å². The molecule has 1 atom stereocenters. The molecule has 1 unspecified atom stereocenters. The molecule has 0 heterocycles. The van der Waals surface area contributed by atoms with Crippen LogP contribution in [0, 0.1) is 13.8 Å². The topological polar surface area (TPSA) is 0 Å². The number of hydrogen-bond acceptors (Lipinski definition) is 0. The zero-order valence-corrected chi connectivity index (χ0v) is 25.0. The van der Waals surface area contributed by atoms with E-state index < -0.39 is 0 Å². The molecule has 1 fully saturated rings. The van der Waals surface area contributed by atoms with Gasteiger partial charge in [-0.15, -0.1) is 0 Å². The number of hydrogen-bond donors (Lipinski definition) is 0. The predicted octanol–water partition coefficient (Wildman–Crippen LogP) is 10.9. The number of benzene rings is 6. The molecule has 0 radical (unpaired) electrons. The van der Waals surface area contributed by atoms with Crippen molar-refractivity contribution in [1.82, 2.24) is 0 Å². The van der Waals surface area contributed by atoms with Crippen LogP contribution in [0.1, 0.15) is 50.4 Å². The molecule has 0 N–H and O–H groups in total. The molecular weight excluding hydrogens is 528 g/mol. The summed E-state index contributed by atoms with van der Waals surface area (Å²) in [4.78, 5) is 0. The zero-order valence-electron chi connectivity index (χ0n) is 25.0. The maximum Gasteiger partial charge on any atom is 0.0576 e. The van der Waals surface area contributed by atoms with Crippen molar-refractivity contribution in [3.63, 3.8) is 0 Å². The summed E-state index contributed by atoms with van der Waals surface area (Å²) in [5.74, 6) is 0.152. The number of rotatable bonds is 2. The molecule has 1 saturated carbocycles. The van der Waals surface area contributed by atoms with E-state index in [1.807, 2.05) is 0 Å². The van der Waals surface area contributed by atoms with Crippen LogP contribution in [-0.2, 0) is 5.41 Å². The van der Waals surface area contributed by atoms with E-state index in [0.717, 1.165) is 0 Å². The van der Waals surface area contributed by atoms with E-state index in [-0.39, 0.29) is 11.3 Å². The second-order valence-corrected chi connectivity index (χ2v) is 12.6. The van der Waals surface area contributed by atoms with Crippen LogP contribution in [0.4, 0.5) is 0 Å². The molecule has 6 aromatic carbocycles. The van der Waals surface area contributed by atoms with Gasteiger partial charge in [-0.05, 0) is 86.2 Å². The average molecular weight is 561 g/mol. The minimum absolute atomic E-state index is 0.152. The van der Waals surface area contributed by atoms with Crippen molar-refractivity contribution >= 4 is 11.6 Å². The van der Waals surface area contributed by atoms with Crippen LogP contribution < -0.4 is 0 Å². The molecule has 0 nitrogen and oxygen atoms in total. The fourth-order valence-electron chi connectivity index (χ4n) is 8.31. The van der Waals surface area contributed by atoms with Crippen LogP contribution in [0.2, 0.25) is 0 Å². The van der Waals surface area contributed by atoms with Crippen LogP contribution in [0.3, 0.4) is 0 Å². The third-order valence-corrected chi connectivity index (χ3v) is 10.2. The van der Waals surface area contributed by atoms with Gasteiger partial charge in [0.25, 0.3) is 0 Å². The number of aryl methyl sites for hydroxylation is 2. The second kappa shape index (κ2) is 9.40. The third kappa shape index (κ3) is 3.34. The highest BCUT2D eigenvalue weighted by molar-refractivity contribution is 6.07. The summed E-state index contributed by atoms with van der Waals surface area (Å²) >= 11 is 0. The monoisotopic (exact) mass is 560 g/mol. The summed E-state index contributed by atoms with van der Waals surface area (Å²) in [6, 6.07) is 54.6. The molecule has 0 heteroatoms. The molecule has 0 amide bonds. The Labute approximate surface area is 259 Å². The van der Waals surface area contributed by atoms with E-state index in [4.69, 9.17) is 0 Å². The van der Waals surface area contributed by atoms with Gasteiger partial charge in [0.05, 0.1) is 5.41 Å². The first kappa shape index (κ1) is 25.3. The lowest BCUT2D eigenvalue weighted by Gasteiger charge is -2.55. The minimum Gasteiger partial charge on any atom is -0.0619 e. The Morgan fingerprint density at radius 1 is 0.455 bits per heavy atom. The quantitative estimate of drug-likeness (QED) is 0.197. The van der Waals surface area contributed by atoms with E-state index in [1.165, 1.54) is 83.5 Å². The van der Waals surface area contributed by atoms with Crippen LogP contribution in [0.25, 0.3) is 33.9 Å². The van der Waals surface area contributed by atoms with Crippen LogP contribution >= 0.6 is 0 Å². The summed E-state index contributed by atoms with van der Waals surface area (Å²) in [6.45, 7) is 4.35. The van der Waals surface area contributed by atoms with Gasteiger partial charge in [0, 0.05) is 5.92 Å². The highest BCUT2D eigenvalue weighted by Crippen LogP contribution is 2.72. The molecule has 0 aliphatic heterocycles. The van der Waals surface area contributed by atoms with Gasteiger partial charge in [-0.1, -0.05) is 163 Å². The van der Waals surface area contributed by atoms with E-state index >= 15 is 0 Å². The first-order valence-corrected chi connectivity index (χ1v) is 15.6.